The Hall–Kier alpha value is -1.71. The van der Waals surface area contributed by atoms with Crippen LogP contribution in [0.1, 0.15) is 13.8 Å². The Balaban J connectivity index is 3.49. The summed E-state index contributed by atoms with van der Waals surface area (Å²) in [4.78, 5) is 9.82. The fourth-order valence-electron chi connectivity index (χ4n) is 1.55. The van der Waals surface area contributed by atoms with Crippen LogP contribution in [0.4, 0.5) is 5.69 Å². The van der Waals surface area contributed by atoms with Crippen LogP contribution < -0.4 is 4.74 Å². The molecule has 0 bridgehead atoms. The Morgan fingerprint density at radius 3 is 2.43 bits per heavy atom. The van der Waals surface area contributed by atoms with E-state index in [0.29, 0.717) is 0 Å². The quantitative estimate of drug-likeness (QED) is 0.619. The van der Waals surface area contributed by atoms with Gasteiger partial charge in [-0.15, -0.1) is 0 Å². The maximum atomic E-state index is 12.6. The molecule has 0 spiro atoms. The molecule has 0 unspecified atom stereocenters. The van der Waals surface area contributed by atoms with Crippen LogP contribution in [0.2, 0.25) is 0 Å². The van der Waals surface area contributed by atoms with Crippen molar-refractivity contribution >= 4 is 15.7 Å². The first-order chi connectivity index (χ1) is 9.57. The van der Waals surface area contributed by atoms with Gasteiger partial charge in [0.1, 0.15) is 10.6 Å². The topological polar surface area (TPSA) is 110 Å². The molecular formula is C12H18N2O6S. The predicted octanol–water partition coefficient (Wildman–Crippen LogP) is 0.995. The molecule has 1 aromatic rings. The number of ether oxygens (including phenoxy) is 1. The van der Waals surface area contributed by atoms with E-state index in [4.69, 9.17) is 4.74 Å². The number of rotatable bonds is 6. The normalized spacial score (nSPS) is 12.5. The van der Waals surface area contributed by atoms with Crippen molar-refractivity contribution in [1.82, 2.24) is 4.31 Å². The third-order valence-corrected chi connectivity index (χ3v) is 5.33. The van der Waals surface area contributed by atoms with E-state index in [1.165, 1.54) is 34.1 Å². The van der Waals surface area contributed by atoms with Crippen LogP contribution in [0.3, 0.4) is 0 Å². The SMILES string of the molecule is COc1ccc([N+](=O)[O-])cc1S(=O)(=O)N(C)C(C)(C)CO. The van der Waals surface area contributed by atoms with Crippen LogP contribution >= 0.6 is 0 Å². The number of non-ortho nitro benzene ring substituents is 1. The van der Waals surface area contributed by atoms with Gasteiger partial charge in [-0.05, 0) is 19.9 Å². The lowest BCUT2D eigenvalue weighted by atomic mass is 10.1. The summed E-state index contributed by atoms with van der Waals surface area (Å²) in [5.74, 6) is 0.00110. The van der Waals surface area contributed by atoms with Gasteiger partial charge in [-0.3, -0.25) is 10.1 Å². The molecule has 0 aliphatic carbocycles. The maximum absolute atomic E-state index is 12.6. The summed E-state index contributed by atoms with van der Waals surface area (Å²) < 4.78 is 31.1. The first-order valence-electron chi connectivity index (χ1n) is 6.00. The summed E-state index contributed by atoms with van der Waals surface area (Å²) in [7, 11) is -1.49. The predicted molar refractivity (Wildman–Crippen MR) is 75.8 cm³/mol. The van der Waals surface area contributed by atoms with Gasteiger partial charge in [-0.25, -0.2) is 8.42 Å². The number of likely N-dealkylation sites (N-methyl/N-ethyl adjacent to an activating group) is 1. The number of aliphatic hydroxyl groups is 1. The molecule has 1 aromatic carbocycles. The van der Waals surface area contributed by atoms with Crippen molar-refractivity contribution in [2.75, 3.05) is 20.8 Å². The Labute approximate surface area is 123 Å². The second kappa shape index (κ2) is 5.96. The molecule has 0 saturated carbocycles. The summed E-state index contributed by atoms with van der Waals surface area (Å²) in [5, 5.41) is 20.1. The van der Waals surface area contributed by atoms with Crippen molar-refractivity contribution in [3.63, 3.8) is 0 Å². The smallest absolute Gasteiger partial charge is 0.271 e. The lowest BCUT2D eigenvalue weighted by Gasteiger charge is -2.33. The summed E-state index contributed by atoms with van der Waals surface area (Å²) in [6.07, 6.45) is 0. The Bertz CT molecular complexity index is 641. The molecular weight excluding hydrogens is 300 g/mol. The van der Waals surface area contributed by atoms with Crippen LogP contribution in [0, 0.1) is 10.1 Å². The van der Waals surface area contributed by atoms with Gasteiger partial charge in [0.15, 0.2) is 0 Å². The number of methoxy groups -OCH3 is 1. The zero-order valence-corrected chi connectivity index (χ0v) is 13.0. The first kappa shape index (κ1) is 17.3. The number of hydrogen-bond donors (Lipinski definition) is 1. The molecule has 0 heterocycles. The van der Waals surface area contributed by atoms with E-state index >= 15 is 0 Å². The van der Waals surface area contributed by atoms with Crippen LogP contribution in [-0.2, 0) is 10.0 Å². The fraction of sp³-hybridized carbons (Fsp3) is 0.500. The number of nitro benzene ring substituents is 1. The van der Waals surface area contributed by atoms with E-state index in [9.17, 15) is 23.6 Å². The van der Waals surface area contributed by atoms with Crippen LogP contribution in [0.25, 0.3) is 0 Å². The fourth-order valence-corrected chi connectivity index (χ4v) is 3.23. The first-order valence-corrected chi connectivity index (χ1v) is 7.44. The third kappa shape index (κ3) is 3.31. The van der Waals surface area contributed by atoms with Gasteiger partial charge >= 0.3 is 0 Å². The number of aliphatic hydroxyl groups excluding tert-OH is 1. The van der Waals surface area contributed by atoms with E-state index < -0.39 is 27.1 Å². The molecule has 0 aliphatic heterocycles. The van der Waals surface area contributed by atoms with E-state index in [0.717, 1.165) is 16.4 Å². The highest BCUT2D eigenvalue weighted by atomic mass is 32.2. The van der Waals surface area contributed by atoms with Crippen molar-refractivity contribution in [2.45, 2.75) is 24.3 Å². The molecule has 1 rings (SSSR count). The number of sulfonamides is 1. The summed E-state index contributed by atoms with van der Waals surface area (Å²) in [5.41, 5.74) is -1.42. The second-order valence-corrected chi connectivity index (χ2v) is 6.97. The molecule has 1 N–H and O–H groups in total. The van der Waals surface area contributed by atoms with Crippen molar-refractivity contribution in [2.24, 2.45) is 0 Å². The summed E-state index contributed by atoms with van der Waals surface area (Å²) >= 11 is 0. The van der Waals surface area contributed by atoms with E-state index in [2.05, 4.69) is 0 Å². The lowest BCUT2D eigenvalue weighted by Crippen LogP contribution is -2.47. The molecule has 0 atom stereocenters. The van der Waals surface area contributed by atoms with E-state index in [-0.39, 0.29) is 16.3 Å². The van der Waals surface area contributed by atoms with Crippen molar-refractivity contribution in [3.05, 3.63) is 28.3 Å². The van der Waals surface area contributed by atoms with Gasteiger partial charge in [-0.1, -0.05) is 0 Å². The van der Waals surface area contributed by atoms with Crippen molar-refractivity contribution < 1.29 is 23.2 Å². The van der Waals surface area contributed by atoms with Crippen molar-refractivity contribution in [3.8, 4) is 5.75 Å². The van der Waals surface area contributed by atoms with E-state index in [1.807, 2.05) is 0 Å². The Kier molecular flexibility index (Phi) is 4.92. The molecule has 0 radical (unpaired) electrons. The zero-order chi connectivity index (χ0) is 16.4. The van der Waals surface area contributed by atoms with Gasteiger partial charge in [0, 0.05) is 19.2 Å². The van der Waals surface area contributed by atoms with Gasteiger partial charge in [0.05, 0.1) is 24.2 Å². The van der Waals surface area contributed by atoms with Gasteiger partial charge in [0.25, 0.3) is 5.69 Å². The van der Waals surface area contributed by atoms with Gasteiger partial charge in [-0.2, -0.15) is 4.31 Å². The van der Waals surface area contributed by atoms with Crippen LogP contribution in [0.15, 0.2) is 23.1 Å². The number of nitro groups is 1. The molecule has 21 heavy (non-hydrogen) atoms. The molecule has 0 aliphatic rings. The monoisotopic (exact) mass is 318 g/mol. The maximum Gasteiger partial charge on any atom is 0.271 e. The highest BCUT2D eigenvalue weighted by Gasteiger charge is 2.36. The summed E-state index contributed by atoms with van der Waals surface area (Å²) in [6, 6.07) is 3.33. The van der Waals surface area contributed by atoms with Crippen LogP contribution in [-0.4, -0.2) is 49.1 Å². The zero-order valence-electron chi connectivity index (χ0n) is 12.2. The highest BCUT2D eigenvalue weighted by Crippen LogP contribution is 2.32. The van der Waals surface area contributed by atoms with Crippen LogP contribution in [0.5, 0.6) is 5.75 Å². The number of hydrogen-bond acceptors (Lipinski definition) is 6. The van der Waals surface area contributed by atoms with Gasteiger partial charge < -0.3 is 9.84 Å². The minimum atomic E-state index is -4.06. The lowest BCUT2D eigenvalue weighted by molar-refractivity contribution is -0.385. The largest absolute Gasteiger partial charge is 0.495 e. The second-order valence-electron chi connectivity index (χ2n) is 5.04. The number of benzene rings is 1. The average Bonchev–Trinajstić information content (AvgIpc) is 2.45. The third-order valence-electron chi connectivity index (χ3n) is 3.24. The highest BCUT2D eigenvalue weighted by molar-refractivity contribution is 7.89. The Morgan fingerprint density at radius 2 is 2.00 bits per heavy atom. The van der Waals surface area contributed by atoms with Crippen molar-refractivity contribution in [1.29, 1.82) is 0 Å². The van der Waals surface area contributed by atoms with E-state index in [1.54, 1.807) is 0 Å². The molecule has 118 valence electrons. The average molecular weight is 318 g/mol. The Morgan fingerprint density at radius 1 is 1.43 bits per heavy atom. The summed E-state index contributed by atoms with van der Waals surface area (Å²) in [6.45, 7) is 2.67. The minimum absolute atomic E-state index is 0.00110. The molecule has 0 amide bonds. The molecule has 8 nitrogen and oxygen atoms in total. The molecule has 9 heteroatoms. The molecule has 0 aromatic heterocycles. The standard InChI is InChI=1S/C12H18N2O6S/c1-12(2,8-15)13(3)21(18,19)11-7-9(14(16)17)5-6-10(11)20-4/h5-7,15H,8H2,1-4H3. The molecule has 0 fully saturated rings. The van der Waals surface area contributed by atoms with Gasteiger partial charge in [0.2, 0.25) is 10.0 Å². The number of nitrogens with zero attached hydrogens (tertiary/aromatic N) is 2. The minimum Gasteiger partial charge on any atom is -0.495 e. The molecule has 0 saturated heterocycles.